The summed E-state index contributed by atoms with van der Waals surface area (Å²) in [6.07, 6.45) is 5.33. The van der Waals surface area contributed by atoms with Gasteiger partial charge >= 0.3 is 5.97 Å². The molecule has 3 N–H and O–H groups in total. The van der Waals surface area contributed by atoms with Crippen molar-refractivity contribution in [3.63, 3.8) is 0 Å². The summed E-state index contributed by atoms with van der Waals surface area (Å²) in [5, 5.41) is 32.7. The predicted octanol–water partition coefficient (Wildman–Crippen LogP) is 4.59. The number of thiophene rings is 1. The second kappa shape index (κ2) is 11.2. The third kappa shape index (κ3) is 6.03. The lowest BCUT2D eigenvalue weighted by Crippen LogP contribution is -2.23. The number of esters is 1. The van der Waals surface area contributed by atoms with Crippen LogP contribution in [0.2, 0.25) is 0 Å². The smallest absolute Gasteiger partial charge is 0.305 e. The van der Waals surface area contributed by atoms with Crippen LogP contribution in [0.4, 0.5) is 0 Å². The van der Waals surface area contributed by atoms with Gasteiger partial charge in [0.1, 0.15) is 0 Å². The highest BCUT2D eigenvalue weighted by molar-refractivity contribution is 7.19. The third-order valence-corrected chi connectivity index (χ3v) is 7.68. The molecule has 1 aliphatic carbocycles. The number of carbonyl (C=O) groups is 1. The van der Waals surface area contributed by atoms with E-state index in [2.05, 4.69) is 22.9 Å². The summed E-state index contributed by atoms with van der Waals surface area (Å²) < 4.78 is 5.83. The second-order valence-electron chi connectivity index (χ2n) is 8.51. The minimum Gasteiger partial charge on any atom is -0.469 e. The van der Waals surface area contributed by atoms with Crippen molar-refractivity contribution in [2.24, 2.45) is 11.8 Å². The van der Waals surface area contributed by atoms with Gasteiger partial charge < -0.3 is 20.1 Å². The normalized spacial score (nSPS) is 24.9. The van der Waals surface area contributed by atoms with Crippen LogP contribution in [0.1, 0.15) is 68.8 Å². The van der Waals surface area contributed by atoms with Crippen molar-refractivity contribution in [2.75, 3.05) is 7.11 Å². The highest BCUT2D eigenvalue weighted by Crippen LogP contribution is 2.41. The van der Waals surface area contributed by atoms with Gasteiger partial charge in [-0.25, -0.2) is 0 Å². The molecule has 2 aromatic rings. The molecule has 166 valence electrons. The van der Waals surface area contributed by atoms with Gasteiger partial charge in [-0.3, -0.25) is 4.79 Å². The van der Waals surface area contributed by atoms with Crippen LogP contribution in [-0.4, -0.2) is 40.6 Å². The minimum atomic E-state index is -0.536. The number of aliphatic hydroxyl groups excluding tert-OH is 3. The quantitative estimate of drug-likeness (QED) is 0.356. The molecule has 1 aromatic heterocycles. The molecular weight excluding hydrogens is 400 g/mol. The van der Waals surface area contributed by atoms with E-state index in [0.29, 0.717) is 25.7 Å². The van der Waals surface area contributed by atoms with E-state index in [-0.39, 0.29) is 17.8 Å². The maximum Gasteiger partial charge on any atom is 0.305 e. The van der Waals surface area contributed by atoms with Gasteiger partial charge in [0.25, 0.3) is 0 Å². The molecule has 6 heteroatoms. The fraction of sp³-hybridized carbons (Fsp3) is 0.625. The minimum absolute atomic E-state index is 0.0269. The summed E-state index contributed by atoms with van der Waals surface area (Å²) in [6.45, 7) is 0. The molecule has 0 unspecified atom stereocenters. The Bertz CT molecular complexity index is 771. The molecular formula is C24H34O5S. The van der Waals surface area contributed by atoms with Gasteiger partial charge in [-0.05, 0) is 61.5 Å². The van der Waals surface area contributed by atoms with E-state index in [4.69, 9.17) is 0 Å². The molecule has 1 fully saturated rings. The SMILES string of the molecule is COC(=O)CCCCCC[C@@H]1[C@@H](CC[C@@H](O)c2cc3ccccc3s2)[C@H](O)C[C@@H]1O. The zero-order valence-electron chi connectivity index (χ0n) is 17.7. The lowest BCUT2D eigenvalue weighted by molar-refractivity contribution is -0.140. The highest BCUT2D eigenvalue weighted by atomic mass is 32.1. The second-order valence-corrected chi connectivity index (χ2v) is 9.62. The Morgan fingerprint density at radius 1 is 1.10 bits per heavy atom. The Kier molecular flexibility index (Phi) is 8.69. The maximum atomic E-state index is 11.2. The monoisotopic (exact) mass is 434 g/mol. The number of hydrogen-bond donors (Lipinski definition) is 3. The molecule has 0 amide bonds. The Hall–Kier alpha value is -1.47. The molecule has 3 rings (SSSR count). The Balaban J connectivity index is 1.46. The zero-order valence-corrected chi connectivity index (χ0v) is 18.5. The van der Waals surface area contributed by atoms with Crippen LogP contribution in [-0.2, 0) is 9.53 Å². The molecule has 1 heterocycles. The maximum absolute atomic E-state index is 11.2. The van der Waals surface area contributed by atoms with Crippen molar-refractivity contribution in [1.29, 1.82) is 0 Å². The van der Waals surface area contributed by atoms with E-state index in [1.54, 1.807) is 11.3 Å². The van der Waals surface area contributed by atoms with E-state index in [1.807, 2.05) is 12.1 Å². The molecule has 1 saturated carbocycles. The summed E-state index contributed by atoms with van der Waals surface area (Å²) in [4.78, 5) is 12.1. The molecule has 5 nitrogen and oxygen atoms in total. The summed E-state index contributed by atoms with van der Waals surface area (Å²) in [6, 6.07) is 10.2. The first-order chi connectivity index (χ1) is 14.5. The van der Waals surface area contributed by atoms with Crippen molar-refractivity contribution in [1.82, 2.24) is 0 Å². The van der Waals surface area contributed by atoms with Crippen molar-refractivity contribution < 1.29 is 24.9 Å². The Morgan fingerprint density at radius 2 is 1.80 bits per heavy atom. The van der Waals surface area contributed by atoms with Crippen molar-refractivity contribution in [2.45, 2.75) is 76.1 Å². The first-order valence-electron chi connectivity index (χ1n) is 11.1. The number of aliphatic hydroxyl groups is 3. The van der Waals surface area contributed by atoms with Crippen molar-refractivity contribution >= 4 is 27.4 Å². The van der Waals surface area contributed by atoms with Gasteiger partial charge in [-0.2, -0.15) is 0 Å². The largest absolute Gasteiger partial charge is 0.469 e. The standard InChI is InChI=1S/C24H34O5S/c1-29-24(28)11-5-3-2-4-9-17-18(21(27)15-20(17)26)12-13-19(25)23-14-16-8-6-7-10-22(16)30-23/h6-8,10,14,17-21,25-27H,2-5,9,11-13,15H2,1H3/t17-,18-,19-,20+,21-/m1/s1. The third-order valence-electron chi connectivity index (χ3n) is 6.46. The molecule has 5 atom stereocenters. The van der Waals surface area contributed by atoms with E-state index < -0.39 is 18.3 Å². The van der Waals surface area contributed by atoms with Crippen LogP contribution < -0.4 is 0 Å². The Labute approximate surface area is 182 Å². The number of benzene rings is 1. The van der Waals surface area contributed by atoms with Crippen LogP contribution in [0.3, 0.4) is 0 Å². The predicted molar refractivity (Wildman–Crippen MR) is 119 cm³/mol. The number of methoxy groups -OCH3 is 1. The summed E-state index contributed by atoms with van der Waals surface area (Å²) in [5.74, 6) is -0.0593. The van der Waals surface area contributed by atoms with E-state index >= 15 is 0 Å². The molecule has 0 saturated heterocycles. The summed E-state index contributed by atoms with van der Waals surface area (Å²) in [5.41, 5.74) is 0. The van der Waals surface area contributed by atoms with Crippen LogP contribution in [0.5, 0.6) is 0 Å². The van der Waals surface area contributed by atoms with Gasteiger partial charge in [0.2, 0.25) is 0 Å². The average Bonchev–Trinajstić information content (AvgIpc) is 3.29. The van der Waals surface area contributed by atoms with Gasteiger partial charge in [0.05, 0.1) is 25.4 Å². The number of ether oxygens (including phenoxy) is 1. The first kappa shape index (κ1) is 23.2. The summed E-state index contributed by atoms with van der Waals surface area (Å²) in [7, 11) is 1.41. The van der Waals surface area contributed by atoms with E-state index in [1.165, 1.54) is 11.8 Å². The molecule has 1 aliphatic rings. The lowest BCUT2D eigenvalue weighted by Gasteiger charge is -2.24. The van der Waals surface area contributed by atoms with E-state index in [0.717, 1.165) is 42.4 Å². The molecule has 0 spiro atoms. The van der Waals surface area contributed by atoms with Crippen LogP contribution in [0.15, 0.2) is 30.3 Å². The van der Waals surface area contributed by atoms with Gasteiger partial charge in [-0.15, -0.1) is 11.3 Å². The fourth-order valence-corrected chi connectivity index (χ4v) is 5.83. The number of fused-ring (bicyclic) bond motifs is 1. The molecule has 1 aromatic carbocycles. The molecule has 30 heavy (non-hydrogen) atoms. The van der Waals surface area contributed by atoms with Crippen LogP contribution in [0.25, 0.3) is 10.1 Å². The highest BCUT2D eigenvalue weighted by Gasteiger charge is 2.40. The molecule has 0 radical (unpaired) electrons. The summed E-state index contributed by atoms with van der Waals surface area (Å²) >= 11 is 1.62. The number of rotatable bonds is 11. The van der Waals surface area contributed by atoms with Crippen LogP contribution in [0, 0.1) is 11.8 Å². The van der Waals surface area contributed by atoms with Gasteiger partial charge in [0, 0.05) is 16.0 Å². The zero-order chi connectivity index (χ0) is 21.5. The lowest BCUT2D eigenvalue weighted by atomic mass is 9.84. The van der Waals surface area contributed by atoms with Crippen molar-refractivity contribution in [3.8, 4) is 0 Å². The first-order valence-corrected chi connectivity index (χ1v) is 11.9. The Morgan fingerprint density at radius 3 is 2.53 bits per heavy atom. The number of carbonyl (C=O) groups excluding carboxylic acids is 1. The van der Waals surface area contributed by atoms with Crippen LogP contribution >= 0.6 is 11.3 Å². The number of unbranched alkanes of at least 4 members (excludes halogenated alkanes) is 3. The fourth-order valence-electron chi connectivity index (χ4n) is 4.74. The molecule has 0 aliphatic heterocycles. The van der Waals surface area contributed by atoms with Gasteiger partial charge in [-0.1, -0.05) is 37.5 Å². The van der Waals surface area contributed by atoms with Crippen molar-refractivity contribution in [3.05, 3.63) is 35.2 Å². The average molecular weight is 435 g/mol. The van der Waals surface area contributed by atoms with E-state index in [9.17, 15) is 20.1 Å². The van der Waals surface area contributed by atoms with Gasteiger partial charge in [0.15, 0.2) is 0 Å². The topological polar surface area (TPSA) is 87.0 Å². The number of hydrogen-bond acceptors (Lipinski definition) is 6. The molecule has 0 bridgehead atoms.